The van der Waals surface area contributed by atoms with Crippen molar-refractivity contribution >= 4 is 15.9 Å². The van der Waals surface area contributed by atoms with E-state index in [-0.39, 0.29) is 0 Å². The number of piperazine rings is 1. The predicted octanol–water partition coefficient (Wildman–Crippen LogP) is 2.61. The number of imidazole rings is 1. The number of benzene rings is 1. The van der Waals surface area contributed by atoms with Gasteiger partial charge in [0.15, 0.2) is 0 Å². The third-order valence-electron chi connectivity index (χ3n) is 3.95. The molecule has 0 aliphatic carbocycles. The summed E-state index contributed by atoms with van der Waals surface area (Å²) in [6, 6.07) is 8.32. The molecule has 0 amide bonds. The molecule has 1 fully saturated rings. The quantitative estimate of drug-likeness (QED) is 0.901. The SMILES string of the molecule is Brc1ccccc1-c1cncn1CCCN1CCNCC1. The van der Waals surface area contributed by atoms with Crippen LogP contribution in [-0.2, 0) is 6.54 Å². The molecule has 1 aliphatic rings. The van der Waals surface area contributed by atoms with Gasteiger partial charge in [-0.1, -0.05) is 34.1 Å². The van der Waals surface area contributed by atoms with E-state index >= 15 is 0 Å². The summed E-state index contributed by atoms with van der Waals surface area (Å²) < 4.78 is 3.37. The molecule has 21 heavy (non-hydrogen) atoms. The molecule has 0 atom stereocenters. The second kappa shape index (κ2) is 7.20. The maximum Gasteiger partial charge on any atom is 0.0950 e. The Morgan fingerprint density at radius 1 is 1.14 bits per heavy atom. The third kappa shape index (κ3) is 3.73. The van der Waals surface area contributed by atoms with Gasteiger partial charge >= 0.3 is 0 Å². The van der Waals surface area contributed by atoms with Crippen LogP contribution >= 0.6 is 15.9 Å². The van der Waals surface area contributed by atoms with Crippen molar-refractivity contribution in [3.05, 3.63) is 41.3 Å². The lowest BCUT2D eigenvalue weighted by Crippen LogP contribution is -2.43. The van der Waals surface area contributed by atoms with Crippen molar-refractivity contribution in [3.8, 4) is 11.3 Å². The van der Waals surface area contributed by atoms with Crippen LogP contribution in [-0.4, -0.2) is 47.2 Å². The van der Waals surface area contributed by atoms with E-state index in [0.717, 1.165) is 37.1 Å². The molecule has 112 valence electrons. The Morgan fingerprint density at radius 2 is 1.95 bits per heavy atom. The highest BCUT2D eigenvalue weighted by molar-refractivity contribution is 9.10. The van der Waals surface area contributed by atoms with Gasteiger partial charge in [0.05, 0.1) is 18.2 Å². The van der Waals surface area contributed by atoms with E-state index in [1.54, 1.807) is 0 Å². The van der Waals surface area contributed by atoms with Gasteiger partial charge in [-0.2, -0.15) is 0 Å². The fourth-order valence-electron chi connectivity index (χ4n) is 2.79. The Hall–Kier alpha value is -1.17. The summed E-state index contributed by atoms with van der Waals surface area (Å²) >= 11 is 3.63. The number of hydrogen-bond donors (Lipinski definition) is 1. The second-order valence-corrected chi connectivity index (χ2v) is 6.25. The molecular formula is C16H21BrN4. The zero-order chi connectivity index (χ0) is 14.5. The molecule has 0 spiro atoms. The molecular weight excluding hydrogens is 328 g/mol. The summed E-state index contributed by atoms with van der Waals surface area (Å²) in [5, 5.41) is 3.39. The number of nitrogens with one attached hydrogen (secondary N) is 1. The monoisotopic (exact) mass is 348 g/mol. The summed E-state index contributed by atoms with van der Waals surface area (Å²) in [4.78, 5) is 6.86. The van der Waals surface area contributed by atoms with E-state index in [4.69, 9.17) is 0 Å². The van der Waals surface area contributed by atoms with E-state index in [2.05, 4.69) is 53.9 Å². The maximum absolute atomic E-state index is 4.32. The fourth-order valence-corrected chi connectivity index (χ4v) is 3.28. The normalized spacial score (nSPS) is 16.2. The summed E-state index contributed by atoms with van der Waals surface area (Å²) in [7, 11) is 0. The molecule has 1 aromatic carbocycles. The van der Waals surface area contributed by atoms with Gasteiger partial charge in [-0.05, 0) is 19.0 Å². The lowest BCUT2D eigenvalue weighted by molar-refractivity contribution is 0.235. The van der Waals surface area contributed by atoms with Gasteiger partial charge in [0.25, 0.3) is 0 Å². The van der Waals surface area contributed by atoms with Crippen LogP contribution in [0, 0.1) is 0 Å². The van der Waals surface area contributed by atoms with Crippen molar-refractivity contribution in [2.75, 3.05) is 32.7 Å². The van der Waals surface area contributed by atoms with Crippen LogP contribution in [0.5, 0.6) is 0 Å². The minimum absolute atomic E-state index is 1.01. The van der Waals surface area contributed by atoms with E-state index in [9.17, 15) is 0 Å². The number of aromatic nitrogens is 2. The van der Waals surface area contributed by atoms with E-state index in [1.807, 2.05) is 18.6 Å². The Labute approximate surface area is 134 Å². The number of halogens is 1. The van der Waals surface area contributed by atoms with Gasteiger partial charge in [-0.25, -0.2) is 4.98 Å². The minimum Gasteiger partial charge on any atom is -0.331 e. The third-order valence-corrected chi connectivity index (χ3v) is 4.64. The molecule has 5 heteroatoms. The second-order valence-electron chi connectivity index (χ2n) is 5.40. The largest absolute Gasteiger partial charge is 0.331 e. The molecule has 3 rings (SSSR count). The van der Waals surface area contributed by atoms with Crippen molar-refractivity contribution in [2.45, 2.75) is 13.0 Å². The van der Waals surface area contributed by atoms with Crippen LogP contribution in [0.1, 0.15) is 6.42 Å². The van der Waals surface area contributed by atoms with Gasteiger partial charge in [-0.15, -0.1) is 0 Å². The van der Waals surface area contributed by atoms with Crippen LogP contribution in [0.3, 0.4) is 0 Å². The zero-order valence-corrected chi connectivity index (χ0v) is 13.7. The molecule has 0 bridgehead atoms. The van der Waals surface area contributed by atoms with Gasteiger partial charge in [0.2, 0.25) is 0 Å². The molecule has 0 radical (unpaired) electrons. The molecule has 1 N–H and O–H groups in total. The lowest BCUT2D eigenvalue weighted by atomic mass is 10.1. The first kappa shape index (κ1) is 14.8. The Morgan fingerprint density at radius 3 is 2.76 bits per heavy atom. The maximum atomic E-state index is 4.32. The van der Waals surface area contributed by atoms with E-state index in [1.165, 1.54) is 24.3 Å². The Bertz CT molecular complexity index is 575. The topological polar surface area (TPSA) is 33.1 Å². The van der Waals surface area contributed by atoms with Crippen molar-refractivity contribution in [2.24, 2.45) is 0 Å². The highest BCUT2D eigenvalue weighted by Crippen LogP contribution is 2.27. The van der Waals surface area contributed by atoms with Crippen molar-refractivity contribution in [1.29, 1.82) is 0 Å². The van der Waals surface area contributed by atoms with Gasteiger partial charge in [0, 0.05) is 42.8 Å². The Kier molecular flexibility index (Phi) is 5.06. The van der Waals surface area contributed by atoms with E-state index < -0.39 is 0 Å². The number of nitrogens with zero attached hydrogens (tertiary/aromatic N) is 3. The first-order valence-electron chi connectivity index (χ1n) is 7.53. The zero-order valence-electron chi connectivity index (χ0n) is 12.1. The fraction of sp³-hybridized carbons (Fsp3) is 0.438. The van der Waals surface area contributed by atoms with Crippen LogP contribution in [0.4, 0.5) is 0 Å². The van der Waals surface area contributed by atoms with Crippen LogP contribution in [0.25, 0.3) is 11.3 Å². The number of rotatable bonds is 5. The average Bonchev–Trinajstić information content (AvgIpc) is 2.97. The number of hydrogen-bond acceptors (Lipinski definition) is 3. The predicted molar refractivity (Wildman–Crippen MR) is 89.3 cm³/mol. The molecule has 1 aromatic heterocycles. The van der Waals surface area contributed by atoms with Crippen LogP contribution in [0.15, 0.2) is 41.3 Å². The molecule has 2 heterocycles. The van der Waals surface area contributed by atoms with E-state index in [0.29, 0.717) is 0 Å². The molecule has 4 nitrogen and oxygen atoms in total. The van der Waals surface area contributed by atoms with Crippen LogP contribution in [0.2, 0.25) is 0 Å². The highest BCUT2D eigenvalue weighted by atomic mass is 79.9. The smallest absolute Gasteiger partial charge is 0.0950 e. The first-order valence-corrected chi connectivity index (χ1v) is 8.32. The highest BCUT2D eigenvalue weighted by Gasteiger charge is 2.11. The summed E-state index contributed by atoms with van der Waals surface area (Å²) in [6.07, 6.45) is 5.05. The molecule has 2 aromatic rings. The average molecular weight is 349 g/mol. The molecule has 0 saturated carbocycles. The van der Waals surface area contributed by atoms with Gasteiger partial charge in [-0.3, -0.25) is 0 Å². The molecule has 1 saturated heterocycles. The summed E-state index contributed by atoms with van der Waals surface area (Å²) in [5.74, 6) is 0. The summed E-state index contributed by atoms with van der Waals surface area (Å²) in [5.41, 5.74) is 2.39. The standard InChI is InChI=1S/C16H21BrN4/c17-15-5-2-1-4-14(15)16-12-19-13-21(16)9-3-8-20-10-6-18-7-11-20/h1-2,4-5,12-13,18H,3,6-11H2. The van der Waals surface area contributed by atoms with Crippen molar-refractivity contribution < 1.29 is 0 Å². The lowest BCUT2D eigenvalue weighted by Gasteiger charge is -2.27. The van der Waals surface area contributed by atoms with Crippen molar-refractivity contribution in [3.63, 3.8) is 0 Å². The van der Waals surface area contributed by atoms with Gasteiger partial charge < -0.3 is 14.8 Å². The summed E-state index contributed by atoms with van der Waals surface area (Å²) in [6.45, 7) is 6.75. The molecule has 0 unspecified atom stereocenters. The Balaban J connectivity index is 1.62. The first-order chi connectivity index (χ1) is 10.3. The van der Waals surface area contributed by atoms with Crippen molar-refractivity contribution in [1.82, 2.24) is 19.8 Å². The van der Waals surface area contributed by atoms with Crippen LogP contribution < -0.4 is 5.32 Å². The molecule has 1 aliphatic heterocycles. The van der Waals surface area contributed by atoms with Gasteiger partial charge in [0.1, 0.15) is 0 Å². The minimum atomic E-state index is 1.01. The number of aryl methyl sites for hydroxylation is 1.